The van der Waals surface area contributed by atoms with Gasteiger partial charge in [0, 0.05) is 17.0 Å². The third-order valence-corrected chi connectivity index (χ3v) is 3.86. The van der Waals surface area contributed by atoms with Crippen LogP contribution < -0.4 is 5.32 Å². The van der Waals surface area contributed by atoms with E-state index in [9.17, 15) is 4.79 Å². The number of carbonyl (C=O) groups is 1. The van der Waals surface area contributed by atoms with Crippen LogP contribution in [0.5, 0.6) is 0 Å². The number of thiophene rings is 1. The zero-order valence-corrected chi connectivity index (χ0v) is 11.5. The van der Waals surface area contributed by atoms with Crippen LogP contribution in [0.2, 0.25) is 0 Å². The van der Waals surface area contributed by atoms with Crippen LogP contribution in [-0.4, -0.2) is 30.3 Å². The van der Waals surface area contributed by atoms with Gasteiger partial charge < -0.3 is 15.2 Å². The number of aliphatic hydroxyl groups is 1. The first-order valence-corrected chi connectivity index (χ1v) is 7.24. The number of carbonyl (C=O) groups excluding carboxylic acids is 1. The van der Waals surface area contributed by atoms with Crippen LogP contribution in [0.25, 0.3) is 0 Å². The fourth-order valence-electron chi connectivity index (χ4n) is 1.95. The molecule has 1 saturated heterocycles. The molecule has 19 heavy (non-hydrogen) atoms. The summed E-state index contributed by atoms with van der Waals surface area (Å²) in [6.07, 6.45) is 2.58. The Morgan fingerprint density at radius 2 is 2.47 bits per heavy atom. The van der Waals surface area contributed by atoms with Crippen molar-refractivity contribution in [1.29, 1.82) is 0 Å². The smallest absolute Gasteiger partial charge is 0.249 e. The molecule has 1 aliphatic heterocycles. The molecule has 4 nitrogen and oxygen atoms in total. The molecule has 1 fully saturated rings. The highest BCUT2D eigenvalue weighted by Crippen LogP contribution is 2.16. The monoisotopic (exact) mass is 279 g/mol. The third-order valence-electron chi connectivity index (χ3n) is 2.94. The van der Waals surface area contributed by atoms with Crippen LogP contribution in [0.3, 0.4) is 0 Å². The Bertz CT molecular complexity index is 480. The zero-order chi connectivity index (χ0) is 13.5. The maximum absolute atomic E-state index is 11.9. The SMILES string of the molecule is O=C(NCc1sccc1C#CCO)C1CCCCO1. The first-order valence-electron chi connectivity index (χ1n) is 6.36. The summed E-state index contributed by atoms with van der Waals surface area (Å²) in [5.41, 5.74) is 0.865. The van der Waals surface area contributed by atoms with Crippen LogP contribution in [0.1, 0.15) is 29.7 Å². The van der Waals surface area contributed by atoms with E-state index < -0.39 is 0 Å². The molecular formula is C14H17NO3S. The van der Waals surface area contributed by atoms with Gasteiger partial charge in [-0.25, -0.2) is 0 Å². The minimum atomic E-state index is -0.305. The fourth-order valence-corrected chi connectivity index (χ4v) is 2.72. The Morgan fingerprint density at radius 3 is 3.21 bits per heavy atom. The van der Waals surface area contributed by atoms with E-state index >= 15 is 0 Å². The Kier molecular flexibility index (Phi) is 5.40. The van der Waals surface area contributed by atoms with E-state index in [0.29, 0.717) is 13.2 Å². The molecule has 1 aromatic rings. The maximum Gasteiger partial charge on any atom is 0.249 e. The molecular weight excluding hydrogens is 262 g/mol. The van der Waals surface area contributed by atoms with E-state index in [1.54, 1.807) is 11.3 Å². The molecule has 1 aliphatic rings. The van der Waals surface area contributed by atoms with Crippen LogP contribution in [0.4, 0.5) is 0 Å². The highest BCUT2D eigenvalue weighted by atomic mass is 32.1. The van der Waals surface area contributed by atoms with Crippen molar-refractivity contribution in [3.63, 3.8) is 0 Å². The van der Waals surface area contributed by atoms with Gasteiger partial charge in [-0.2, -0.15) is 0 Å². The van der Waals surface area contributed by atoms with Crippen molar-refractivity contribution in [1.82, 2.24) is 5.32 Å². The summed E-state index contributed by atoms with van der Waals surface area (Å²) in [5, 5.41) is 13.5. The lowest BCUT2D eigenvalue weighted by molar-refractivity contribution is -0.135. The molecule has 1 atom stereocenters. The molecule has 1 aromatic heterocycles. The lowest BCUT2D eigenvalue weighted by Crippen LogP contribution is -2.37. The molecule has 102 valence electrons. The third kappa shape index (κ3) is 4.06. The lowest BCUT2D eigenvalue weighted by atomic mass is 10.1. The molecule has 0 aliphatic carbocycles. The average molecular weight is 279 g/mol. The summed E-state index contributed by atoms with van der Waals surface area (Å²) in [7, 11) is 0. The molecule has 5 heteroatoms. The Balaban J connectivity index is 1.88. The molecule has 0 spiro atoms. The standard InChI is InChI=1S/C14H17NO3S/c16-7-3-4-11-6-9-19-13(11)10-15-14(17)12-5-1-2-8-18-12/h6,9,12,16H,1-2,5,7-8,10H2,(H,15,17). The molecule has 0 aromatic carbocycles. The summed E-state index contributed by atoms with van der Waals surface area (Å²) in [6.45, 7) is 0.980. The van der Waals surface area contributed by atoms with E-state index in [4.69, 9.17) is 9.84 Å². The van der Waals surface area contributed by atoms with Gasteiger partial charge in [-0.15, -0.1) is 11.3 Å². The van der Waals surface area contributed by atoms with Gasteiger partial charge >= 0.3 is 0 Å². The van der Waals surface area contributed by atoms with Gasteiger partial charge in [0.2, 0.25) is 5.91 Å². The number of hydrogen-bond acceptors (Lipinski definition) is 4. The topological polar surface area (TPSA) is 58.6 Å². The van der Waals surface area contributed by atoms with Crippen LogP contribution >= 0.6 is 11.3 Å². The number of nitrogens with one attached hydrogen (secondary N) is 1. The van der Waals surface area contributed by atoms with Crippen LogP contribution in [-0.2, 0) is 16.1 Å². The van der Waals surface area contributed by atoms with Crippen LogP contribution in [0, 0.1) is 11.8 Å². The predicted molar refractivity (Wildman–Crippen MR) is 73.7 cm³/mol. The molecule has 1 amide bonds. The van der Waals surface area contributed by atoms with Gasteiger partial charge in [-0.1, -0.05) is 11.8 Å². The predicted octanol–water partition coefficient (Wildman–Crippen LogP) is 1.28. The summed E-state index contributed by atoms with van der Waals surface area (Å²) in [6, 6.07) is 1.89. The molecule has 0 saturated carbocycles. The number of ether oxygens (including phenoxy) is 1. The van der Waals surface area contributed by atoms with Gasteiger partial charge in [0.1, 0.15) is 12.7 Å². The number of rotatable bonds is 3. The first kappa shape index (κ1) is 14.1. The first-order chi connectivity index (χ1) is 9.31. The van der Waals surface area contributed by atoms with E-state index in [-0.39, 0.29) is 18.6 Å². The number of amides is 1. The minimum absolute atomic E-state index is 0.0471. The Labute approximate surface area is 116 Å². The normalized spacial score (nSPS) is 18.5. The Morgan fingerprint density at radius 1 is 1.58 bits per heavy atom. The summed E-state index contributed by atoms with van der Waals surface area (Å²) >= 11 is 1.55. The van der Waals surface area contributed by atoms with E-state index in [0.717, 1.165) is 29.7 Å². The number of hydrogen-bond donors (Lipinski definition) is 2. The second kappa shape index (κ2) is 7.29. The average Bonchev–Trinajstić information content (AvgIpc) is 2.91. The molecule has 0 bridgehead atoms. The van der Waals surface area contributed by atoms with Crippen molar-refractivity contribution in [3.05, 3.63) is 21.9 Å². The summed E-state index contributed by atoms with van der Waals surface area (Å²) < 4.78 is 5.44. The second-order valence-corrected chi connectivity index (χ2v) is 5.29. The van der Waals surface area contributed by atoms with Crippen molar-refractivity contribution in [3.8, 4) is 11.8 Å². The second-order valence-electron chi connectivity index (χ2n) is 4.29. The van der Waals surface area contributed by atoms with Gasteiger partial charge in [-0.3, -0.25) is 4.79 Å². The van der Waals surface area contributed by atoms with Crippen molar-refractivity contribution in [2.45, 2.75) is 31.9 Å². The van der Waals surface area contributed by atoms with Crippen molar-refractivity contribution in [2.24, 2.45) is 0 Å². The molecule has 0 radical (unpaired) electrons. The largest absolute Gasteiger partial charge is 0.384 e. The lowest BCUT2D eigenvalue weighted by Gasteiger charge is -2.21. The van der Waals surface area contributed by atoms with Gasteiger partial charge in [0.15, 0.2) is 0 Å². The van der Waals surface area contributed by atoms with E-state index in [2.05, 4.69) is 17.2 Å². The molecule has 2 heterocycles. The van der Waals surface area contributed by atoms with Crippen LogP contribution in [0.15, 0.2) is 11.4 Å². The van der Waals surface area contributed by atoms with E-state index in [1.165, 1.54) is 0 Å². The highest BCUT2D eigenvalue weighted by molar-refractivity contribution is 7.10. The van der Waals surface area contributed by atoms with Gasteiger partial charge in [-0.05, 0) is 30.7 Å². The Hall–Kier alpha value is -1.35. The molecule has 2 N–H and O–H groups in total. The van der Waals surface area contributed by atoms with Gasteiger partial charge in [0.25, 0.3) is 0 Å². The minimum Gasteiger partial charge on any atom is -0.384 e. The van der Waals surface area contributed by atoms with Gasteiger partial charge in [0.05, 0.1) is 6.54 Å². The maximum atomic E-state index is 11.9. The van der Waals surface area contributed by atoms with Crippen molar-refractivity contribution >= 4 is 17.2 Å². The summed E-state index contributed by atoms with van der Waals surface area (Å²) in [5.74, 6) is 5.44. The van der Waals surface area contributed by atoms with Crippen molar-refractivity contribution < 1.29 is 14.6 Å². The zero-order valence-electron chi connectivity index (χ0n) is 10.6. The quantitative estimate of drug-likeness (QED) is 0.819. The highest BCUT2D eigenvalue weighted by Gasteiger charge is 2.21. The molecule has 2 rings (SSSR count). The van der Waals surface area contributed by atoms with Crippen molar-refractivity contribution in [2.75, 3.05) is 13.2 Å². The van der Waals surface area contributed by atoms with E-state index in [1.807, 2.05) is 11.4 Å². The summed E-state index contributed by atoms with van der Waals surface area (Å²) in [4.78, 5) is 12.9. The molecule has 1 unspecified atom stereocenters. The number of aliphatic hydroxyl groups excluding tert-OH is 1. The fraction of sp³-hybridized carbons (Fsp3) is 0.500.